The van der Waals surface area contributed by atoms with Crippen LogP contribution in [0.25, 0.3) is 11.1 Å². The van der Waals surface area contributed by atoms with Gasteiger partial charge in [-0.2, -0.15) is 4.98 Å². The van der Waals surface area contributed by atoms with Crippen molar-refractivity contribution in [1.82, 2.24) is 24.8 Å². The highest BCUT2D eigenvalue weighted by Crippen LogP contribution is 2.29. The van der Waals surface area contributed by atoms with Gasteiger partial charge in [0.2, 0.25) is 5.28 Å². The fourth-order valence-electron chi connectivity index (χ4n) is 3.17. The van der Waals surface area contributed by atoms with Gasteiger partial charge in [0, 0.05) is 19.2 Å². The van der Waals surface area contributed by atoms with Crippen molar-refractivity contribution in [2.45, 2.75) is 46.0 Å². The van der Waals surface area contributed by atoms with Crippen molar-refractivity contribution in [3.05, 3.63) is 35.3 Å². The average molecular weight is 405 g/mol. The maximum absolute atomic E-state index is 11.9. The first-order chi connectivity index (χ1) is 13.3. The summed E-state index contributed by atoms with van der Waals surface area (Å²) in [6.07, 6.45) is 2.92. The Morgan fingerprint density at radius 3 is 2.96 bits per heavy atom. The molecule has 9 nitrogen and oxygen atoms in total. The first-order valence-corrected chi connectivity index (χ1v) is 9.34. The van der Waals surface area contributed by atoms with Gasteiger partial charge in [-0.25, -0.2) is 14.8 Å². The lowest BCUT2D eigenvalue weighted by Crippen LogP contribution is -2.36. The Bertz CT molecular complexity index is 1020. The Morgan fingerprint density at radius 1 is 1.36 bits per heavy atom. The number of rotatable bonds is 3. The van der Waals surface area contributed by atoms with Crippen LogP contribution >= 0.6 is 11.6 Å². The van der Waals surface area contributed by atoms with E-state index in [1.807, 2.05) is 20.8 Å². The van der Waals surface area contributed by atoms with Crippen LogP contribution in [0.4, 0.5) is 10.6 Å². The summed E-state index contributed by atoms with van der Waals surface area (Å²) in [5.74, 6) is 1.45. The maximum Gasteiger partial charge on any atom is 0.408 e. The third-order valence-corrected chi connectivity index (χ3v) is 4.48. The third-order valence-electron chi connectivity index (χ3n) is 4.31. The molecule has 0 bridgehead atoms. The van der Waals surface area contributed by atoms with Gasteiger partial charge < -0.3 is 23.9 Å². The number of aromatic nitrogens is 4. The van der Waals surface area contributed by atoms with Gasteiger partial charge in [-0.15, -0.1) is 0 Å². The molecule has 4 rings (SSSR count). The number of amides is 1. The molecule has 1 aliphatic heterocycles. The van der Waals surface area contributed by atoms with Crippen LogP contribution in [0, 0.1) is 0 Å². The number of hydrogen-bond acceptors (Lipinski definition) is 7. The molecule has 28 heavy (non-hydrogen) atoms. The second-order valence-electron chi connectivity index (χ2n) is 7.55. The maximum atomic E-state index is 11.9. The fourth-order valence-corrected chi connectivity index (χ4v) is 3.34. The standard InChI is InChI=1S/C18H21ClN6O3/c1-18(2,3)28-17(26)21-9-13-20-8-11-10-24(5-6-25(11)13)15-14-12(4-7-27-14)22-16(19)23-15/h4,7-8H,5-6,9-10H2,1-3H3,(H,21,26). The first-order valence-electron chi connectivity index (χ1n) is 8.96. The highest BCUT2D eigenvalue weighted by Gasteiger charge is 2.24. The largest absolute Gasteiger partial charge is 0.459 e. The molecule has 0 aromatic carbocycles. The van der Waals surface area contributed by atoms with Crippen molar-refractivity contribution in [1.29, 1.82) is 0 Å². The number of furan rings is 1. The predicted molar refractivity (Wildman–Crippen MR) is 103 cm³/mol. The summed E-state index contributed by atoms with van der Waals surface area (Å²) in [6.45, 7) is 7.78. The van der Waals surface area contributed by atoms with Crippen LogP contribution in [0.2, 0.25) is 5.28 Å². The van der Waals surface area contributed by atoms with E-state index in [0.717, 1.165) is 11.5 Å². The van der Waals surface area contributed by atoms with Gasteiger partial charge in [0.1, 0.15) is 16.9 Å². The van der Waals surface area contributed by atoms with Crippen LogP contribution in [0.15, 0.2) is 22.9 Å². The van der Waals surface area contributed by atoms with Crippen molar-refractivity contribution in [2.24, 2.45) is 0 Å². The van der Waals surface area contributed by atoms with Crippen molar-refractivity contribution >= 4 is 34.6 Å². The summed E-state index contributed by atoms with van der Waals surface area (Å²) in [5, 5.41) is 2.94. The molecule has 3 aromatic rings. The van der Waals surface area contributed by atoms with Crippen LogP contribution in [0.5, 0.6) is 0 Å². The van der Waals surface area contributed by atoms with Gasteiger partial charge in [-0.1, -0.05) is 0 Å². The van der Waals surface area contributed by atoms with E-state index < -0.39 is 11.7 Å². The summed E-state index contributed by atoms with van der Waals surface area (Å²) in [6, 6.07) is 1.76. The number of ether oxygens (including phenoxy) is 1. The minimum atomic E-state index is -0.535. The monoisotopic (exact) mass is 404 g/mol. The number of alkyl carbamates (subject to hydrolysis) is 1. The van der Waals surface area contributed by atoms with E-state index in [2.05, 4.69) is 29.7 Å². The number of halogens is 1. The topological polar surface area (TPSA) is 98.3 Å². The van der Waals surface area contributed by atoms with Gasteiger partial charge in [0.05, 0.1) is 31.2 Å². The normalized spacial score (nSPS) is 14.2. The van der Waals surface area contributed by atoms with Crippen LogP contribution in [0.1, 0.15) is 32.3 Å². The molecule has 1 N–H and O–H groups in total. The highest BCUT2D eigenvalue weighted by atomic mass is 35.5. The van der Waals surface area contributed by atoms with E-state index in [-0.39, 0.29) is 5.28 Å². The molecule has 0 unspecified atom stereocenters. The lowest BCUT2D eigenvalue weighted by atomic mass is 10.2. The van der Waals surface area contributed by atoms with Crippen LogP contribution < -0.4 is 10.2 Å². The molecule has 0 radical (unpaired) electrons. The number of imidazole rings is 1. The molecule has 0 spiro atoms. The molecule has 4 heterocycles. The van der Waals surface area contributed by atoms with E-state index >= 15 is 0 Å². The smallest absolute Gasteiger partial charge is 0.408 e. The van der Waals surface area contributed by atoms with Crippen LogP contribution in [-0.4, -0.2) is 37.8 Å². The molecule has 1 amide bonds. The number of nitrogens with zero attached hydrogens (tertiary/aromatic N) is 5. The molecule has 0 atom stereocenters. The van der Waals surface area contributed by atoms with Gasteiger partial charge >= 0.3 is 6.09 Å². The van der Waals surface area contributed by atoms with E-state index in [4.69, 9.17) is 20.8 Å². The number of hydrogen-bond donors (Lipinski definition) is 1. The Morgan fingerprint density at radius 2 is 2.18 bits per heavy atom. The minimum Gasteiger partial charge on any atom is -0.459 e. The lowest BCUT2D eigenvalue weighted by Gasteiger charge is -2.29. The Balaban J connectivity index is 1.48. The van der Waals surface area contributed by atoms with E-state index in [1.54, 1.807) is 18.5 Å². The fraction of sp³-hybridized carbons (Fsp3) is 0.444. The molecule has 1 aliphatic rings. The second kappa shape index (κ2) is 6.97. The molecule has 0 saturated heterocycles. The number of carbonyl (C=O) groups excluding carboxylic acids is 1. The zero-order valence-electron chi connectivity index (χ0n) is 15.9. The number of anilines is 1. The molecule has 3 aromatic heterocycles. The Hall–Kier alpha value is -2.81. The zero-order chi connectivity index (χ0) is 19.9. The van der Waals surface area contributed by atoms with E-state index in [0.29, 0.717) is 43.1 Å². The molecule has 0 aliphatic carbocycles. The van der Waals surface area contributed by atoms with Crippen LogP contribution in [-0.2, 0) is 24.4 Å². The van der Waals surface area contributed by atoms with Crippen LogP contribution in [0.3, 0.4) is 0 Å². The van der Waals surface area contributed by atoms with Gasteiger partial charge in [-0.05, 0) is 32.4 Å². The predicted octanol–water partition coefficient (Wildman–Crippen LogP) is 3.12. The first kappa shape index (κ1) is 18.5. The van der Waals surface area contributed by atoms with Crippen molar-refractivity contribution in [2.75, 3.05) is 11.4 Å². The lowest BCUT2D eigenvalue weighted by molar-refractivity contribution is 0.0521. The SMILES string of the molecule is CC(C)(C)OC(=O)NCc1ncc2n1CCN(c1nc(Cl)nc3ccoc13)C2. The van der Waals surface area contributed by atoms with Crippen molar-refractivity contribution in [3.8, 4) is 0 Å². The molecule has 10 heteroatoms. The zero-order valence-corrected chi connectivity index (χ0v) is 16.7. The number of carbonyl (C=O) groups is 1. The van der Waals surface area contributed by atoms with E-state index in [9.17, 15) is 4.79 Å². The molecule has 0 saturated carbocycles. The van der Waals surface area contributed by atoms with E-state index in [1.165, 1.54) is 0 Å². The molecule has 0 fully saturated rings. The minimum absolute atomic E-state index is 0.185. The summed E-state index contributed by atoms with van der Waals surface area (Å²) in [7, 11) is 0. The molecule has 148 valence electrons. The molecular formula is C18H21ClN6O3. The quantitative estimate of drug-likeness (QED) is 0.669. The van der Waals surface area contributed by atoms with Gasteiger partial charge in [0.15, 0.2) is 11.4 Å². The Kier molecular flexibility index (Phi) is 4.62. The third kappa shape index (κ3) is 3.75. The number of nitrogens with one attached hydrogen (secondary N) is 1. The summed E-state index contributed by atoms with van der Waals surface area (Å²) < 4.78 is 12.9. The van der Waals surface area contributed by atoms with Crippen molar-refractivity contribution < 1.29 is 13.9 Å². The highest BCUT2D eigenvalue weighted by molar-refractivity contribution is 6.28. The second-order valence-corrected chi connectivity index (χ2v) is 7.88. The van der Waals surface area contributed by atoms with Gasteiger partial charge in [-0.3, -0.25) is 0 Å². The summed E-state index contributed by atoms with van der Waals surface area (Å²) >= 11 is 6.06. The summed E-state index contributed by atoms with van der Waals surface area (Å²) in [4.78, 5) is 26.9. The molecular weight excluding hydrogens is 384 g/mol. The summed E-state index contributed by atoms with van der Waals surface area (Å²) in [5.41, 5.74) is 1.77. The Labute approximate surface area is 166 Å². The van der Waals surface area contributed by atoms with Gasteiger partial charge in [0.25, 0.3) is 0 Å². The average Bonchev–Trinajstić information content (AvgIpc) is 3.23. The van der Waals surface area contributed by atoms with Crippen molar-refractivity contribution in [3.63, 3.8) is 0 Å². The number of fused-ring (bicyclic) bond motifs is 2.